The molecule has 1 aliphatic heterocycles. The third-order valence-electron chi connectivity index (χ3n) is 3.20. The van der Waals surface area contributed by atoms with Crippen LogP contribution >= 0.6 is 0 Å². The number of hydrogen-bond acceptors (Lipinski definition) is 5. The molecule has 0 N–H and O–H groups in total. The molecule has 1 aliphatic rings. The molecule has 0 atom stereocenters. The Morgan fingerprint density at radius 2 is 1.95 bits per heavy atom. The minimum atomic E-state index is -0.502. The van der Waals surface area contributed by atoms with Crippen LogP contribution in [0.1, 0.15) is 23.7 Å². The molecule has 1 amide bonds. The van der Waals surface area contributed by atoms with Crippen LogP contribution in [-0.4, -0.2) is 49.7 Å². The molecular weight excluding hydrogens is 270 g/mol. The molecule has 2 rings (SSSR count). The molecule has 0 saturated carbocycles. The van der Waals surface area contributed by atoms with E-state index in [0.29, 0.717) is 5.56 Å². The molecule has 0 saturated heterocycles. The fourth-order valence-electron chi connectivity index (χ4n) is 1.87. The Kier molecular flexibility index (Phi) is 4.57. The first-order chi connectivity index (χ1) is 9.97. The molecule has 0 bridgehead atoms. The lowest BCUT2D eigenvalue weighted by atomic mass is 10.2. The molecule has 112 valence electrons. The van der Waals surface area contributed by atoms with Crippen molar-refractivity contribution in [3.63, 3.8) is 0 Å². The minimum Gasteiger partial charge on any atom is -0.452 e. The van der Waals surface area contributed by atoms with Crippen molar-refractivity contribution in [2.24, 2.45) is 5.10 Å². The van der Waals surface area contributed by atoms with E-state index in [9.17, 15) is 9.59 Å². The van der Waals surface area contributed by atoms with Gasteiger partial charge in [0.05, 0.1) is 11.3 Å². The third-order valence-corrected chi connectivity index (χ3v) is 3.20. The van der Waals surface area contributed by atoms with Crippen molar-refractivity contribution in [3.05, 3.63) is 29.8 Å². The standard InChI is InChI=1S/C15H19N3O3/c1-11-8-9-18(16-11)13-6-4-12(5-7-13)15(20)21-10-14(19)17(2)3/h4-7H,8-10H2,1-3H3. The predicted octanol–water partition coefficient (Wildman–Crippen LogP) is 1.52. The highest BCUT2D eigenvalue weighted by atomic mass is 16.5. The second-order valence-corrected chi connectivity index (χ2v) is 5.12. The largest absolute Gasteiger partial charge is 0.452 e. The summed E-state index contributed by atoms with van der Waals surface area (Å²) in [4.78, 5) is 24.6. The van der Waals surface area contributed by atoms with Crippen molar-refractivity contribution in [1.29, 1.82) is 0 Å². The first-order valence-electron chi connectivity index (χ1n) is 6.76. The molecule has 0 radical (unpaired) electrons. The third kappa shape index (κ3) is 3.81. The van der Waals surface area contributed by atoms with Gasteiger partial charge in [0.15, 0.2) is 6.61 Å². The van der Waals surface area contributed by atoms with Gasteiger partial charge in [-0.25, -0.2) is 4.79 Å². The van der Waals surface area contributed by atoms with Gasteiger partial charge in [0.1, 0.15) is 0 Å². The van der Waals surface area contributed by atoms with E-state index in [-0.39, 0.29) is 12.5 Å². The molecule has 21 heavy (non-hydrogen) atoms. The summed E-state index contributed by atoms with van der Waals surface area (Å²) in [6.07, 6.45) is 0.955. The first-order valence-corrected chi connectivity index (χ1v) is 6.76. The summed E-state index contributed by atoms with van der Waals surface area (Å²) < 4.78 is 4.96. The van der Waals surface area contributed by atoms with E-state index in [1.54, 1.807) is 26.2 Å². The topological polar surface area (TPSA) is 62.2 Å². The number of rotatable bonds is 4. The average molecular weight is 289 g/mol. The van der Waals surface area contributed by atoms with Gasteiger partial charge in [-0.05, 0) is 31.2 Å². The second kappa shape index (κ2) is 6.39. The Bertz CT molecular complexity index is 564. The number of esters is 1. The van der Waals surface area contributed by atoms with Crippen LogP contribution in [0.2, 0.25) is 0 Å². The van der Waals surface area contributed by atoms with E-state index >= 15 is 0 Å². The van der Waals surface area contributed by atoms with Gasteiger partial charge in [-0.2, -0.15) is 5.10 Å². The Morgan fingerprint density at radius 1 is 1.29 bits per heavy atom. The van der Waals surface area contributed by atoms with Gasteiger partial charge < -0.3 is 9.64 Å². The molecule has 6 nitrogen and oxygen atoms in total. The van der Waals surface area contributed by atoms with E-state index in [2.05, 4.69) is 5.10 Å². The number of nitrogens with zero attached hydrogens (tertiary/aromatic N) is 3. The molecule has 0 spiro atoms. The fraction of sp³-hybridized carbons (Fsp3) is 0.400. The molecular formula is C15H19N3O3. The van der Waals surface area contributed by atoms with Crippen LogP contribution in [0.5, 0.6) is 0 Å². The van der Waals surface area contributed by atoms with E-state index in [4.69, 9.17) is 4.74 Å². The normalized spacial score (nSPS) is 13.9. The smallest absolute Gasteiger partial charge is 0.338 e. The molecule has 6 heteroatoms. The highest BCUT2D eigenvalue weighted by molar-refractivity contribution is 5.92. The van der Waals surface area contributed by atoms with Gasteiger partial charge in [-0.15, -0.1) is 0 Å². The highest BCUT2D eigenvalue weighted by Gasteiger charge is 2.15. The monoisotopic (exact) mass is 289 g/mol. The van der Waals surface area contributed by atoms with Gasteiger partial charge in [0.25, 0.3) is 5.91 Å². The Hall–Kier alpha value is -2.37. The quantitative estimate of drug-likeness (QED) is 0.788. The summed E-state index contributed by atoms with van der Waals surface area (Å²) >= 11 is 0. The summed E-state index contributed by atoms with van der Waals surface area (Å²) in [5.74, 6) is -0.750. The van der Waals surface area contributed by atoms with Crippen LogP contribution in [-0.2, 0) is 9.53 Å². The second-order valence-electron chi connectivity index (χ2n) is 5.12. The van der Waals surface area contributed by atoms with Crippen LogP contribution in [0.3, 0.4) is 0 Å². The summed E-state index contributed by atoms with van der Waals surface area (Å²) in [6.45, 7) is 2.60. The lowest BCUT2D eigenvalue weighted by Gasteiger charge is -2.14. The SMILES string of the molecule is CC1=NN(c2ccc(C(=O)OCC(=O)N(C)C)cc2)CC1. The molecule has 1 aromatic carbocycles. The zero-order valence-electron chi connectivity index (χ0n) is 12.5. The molecule has 1 heterocycles. The Balaban J connectivity index is 1.95. The van der Waals surface area contributed by atoms with Crippen LogP contribution in [0.4, 0.5) is 5.69 Å². The number of hydrazone groups is 1. The molecule has 1 aromatic rings. The van der Waals surface area contributed by atoms with Gasteiger partial charge in [0, 0.05) is 32.8 Å². The Morgan fingerprint density at radius 3 is 2.48 bits per heavy atom. The van der Waals surface area contributed by atoms with Crippen molar-refractivity contribution >= 4 is 23.3 Å². The van der Waals surface area contributed by atoms with Crippen LogP contribution < -0.4 is 5.01 Å². The van der Waals surface area contributed by atoms with E-state index in [1.165, 1.54) is 4.90 Å². The van der Waals surface area contributed by atoms with E-state index < -0.39 is 5.97 Å². The number of amides is 1. The minimum absolute atomic E-state index is 0.247. The maximum atomic E-state index is 11.8. The van der Waals surface area contributed by atoms with Crippen LogP contribution in [0.15, 0.2) is 29.4 Å². The molecule has 0 unspecified atom stereocenters. The van der Waals surface area contributed by atoms with E-state index in [0.717, 1.165) is 24.4 Å². The predicted molar refractivity (Wildman–Crippen MR) is 80.5 cm³/mol. The van der Waals surface area contributed by atoms with Crippen molar-refractivity contribution in [3.8, 4) is 0 Å². The number of hydrogen-bond donors (Lipinski definition) is 0. The van der Waals surface area contributed by atoms with Gasteiger partial charge in [-0.3, -0.25) is 9.80 Å². The maximum Gasteiger partial charge on any atom is 0.338 e. The summed E-state index contributed by atoms with van der Waals surface area (Å²) in [5, 5.41) is 6.30. The van der Waals surface area contributed by atoms with Crippen molar-refractivity contribution in [2.75, 3.05) is 32.3 Å². The summed E-state index contributed by atoms with van der Waals surface area (Å²) in [6, 6.07) is 7.01. The fourth-order valence-corrected chi connectivity index (χ4v) is 1.87. The van der Waals surface area contributed by atoms with E-state index in [1.807, 2.05) is 24.1 Å². The Labute approximate surface area is 124 Å². The number of carbonyl (C=O) groups is 2. The molecule has 0 aliphatic carbocycles. The first kappa shape index (κ1) is 15.0. The van der Waals surface area contributed by atoms with Crippen molar-refractivity contribution in [1.82, 2.24) is 4.90 Å². The lowest BCUT2D eigenvalue weighted by molar-refractivity contribution is -0.131. The average Bonchev–Trinajstić information content (AvgIpc) is 2.91. The zero-order chi connectivity index (χ0) is 15.4. The molecule has 0 fully saturated rings. The van der Waals surface area contributed by atoms with Gasteiger partial charge >= 0.3 is 5.97 Å². The lowest BCUT2D eigenvalue weighted by Crippen LogP contribution is -2.27. The van der Waals surface area contributed by atoms with Crippen LogP contribution in [0.25, 0.3) is 0 Å². The van der Waals surface area contributed by atoms with Crippen molar-refractivity contribution in [2.45, 2.75) is 13.3 Å². The van der Waals surface area contributed by atoms with Gasteiger partial charge in [0.2, 0.25) is 0 Å². The highest BCUT2D eigenvalue weighted by Crippen LogP contribution is 2.20. The van der Waals surface area contributed by atoms with Crippen LogP contribution in [0, 0.1) is 0 Å². The summed E-state index contributed by atoms with van der Waals surface area (Å²) in [5.41, 5.74) is 2.46. The zero-order valence-corrected chi connectivity index (χ0v) is 12.5. The number of carbonyl (C=O) groups excluding carboxylic acids is 2. The maximum absolute atomic E-state index is 11.8. The number of ether oxygens (including phenoxy) is 1. The van der Waals surface area contributed by atoms with Crippen molar-refractivity contribution < 1.29 is 14.3 Å². The number of anilines is 1. The molecule has 0 aromatic heterocycles. The van der Waals surface area contributed by atoms with Gasteiger partial charge in [-0.1, -0.05) is 0 Å². The summed E-state index contributed by atoms with van der Waals surface area (Å²) in [7, 11) is 3.23. The number of benzene rings is 1. The number of likely N-dealkylation sites (N-methyl/N-ethyl adjacent to an activating group) is 1.